The number of aliphatic imine (C=N–C) groups is 2. The molecular formula is C32H32N2O2Pt. The molecule has 0 aliphatic heterocycles. The number of aryl methyl sites for hydroxylation is 2. The van der Waals surface area contributed by atoms with Gasteiger partial charge in [-0.15, -0.1) is 0 Å². The SMILES string of the molecule is CC(=NC(c1ccccc1)C(N=C(C)c1ccc(C)cc1O)c1ccccc1)c1ccc(C)cc1O.[Pt]. The Hall–Kier alpha value is -3.49. The number of aromatic hydroxyl groups is 2. The van der Waals surface area contributed by atoms with Crippen LogP contribution in [0.25, 0.3) is 0 Å². The van der Waals surface area contributed by atoms with Gasteiger partial charge in [-0.3, -0.25) is 9.98 Å². The summed E-state index contributed by atoms with van der Waals surface area (Å²) in [6, 6.07) is 30.8. The first-order valence-electron chi connectivity index (χ1n) is 12.1. The number of phenolic OH excluding ortho intramolecular Hbond substituents is 2. The topological polar surface area (TPSA) is 65.2 Å². The predicted molar refractivity (Wildman–Crippen MR) is 148 cm³/mol. The van der Waals surface area contributed by atoms with Gasteiger partial charge in [-0.05, 0) is 74.2 Å². The fraction of sp³-hybridized carbons (Fsp3) is 0.188. The van der Waals surface area contributed by atoms with Crippen molar-refractivity contribution in [3.05, 3.63) is 130 Å². The Labute approximate surface area is 233 Å². The van der Waals surface area contributed by atoms with E-state index in [-0.39, 0.29) is 44.6 Å². The molecule has 4 aromatic rings. The van der Waals surface area contributed by atoms with E-state index in [2.05, 4.69) is 24.3 Å². The minimum Gasteiger partial charge on any atom is -0.507 e. The van der Waals surface area contributed by atoms with E-state index in [4.69, 9.17) is 9.98 Å². The molecule has 0 saturated heterocycles. The van der Waals surface area contributed by atoms with Crippen molar-refractivity contribution < 1.29 is 31.3 Å². The van der Waals surface area contributed by atoms with Gasteiger partial charge >= 0.3 is 0 Å². The molecule has 0 aromatic heterocycles. The van der Waals surface area contributed by atoms with Gasteiger partial charge in [-0.1, -0.05) is 72.8 Å². The molecule has 0 heterocycles. The fourth-order valence-electron chi connectivity index (χ4n) is 4.41. The second kappa shape index (κ2) is 12.7. The summed E-state index contributed by atoms with van der Waals surface area (Å²) in [4.78, 5) is 10.3. The maximum absolute atomic E-state index is 10.6. The van der Waals surface area contributed by atoms with Crippen LogP contribution in [0.4, 0.5) is 0 Å². The zero-order valence-electron chi connectivity index (χ0n) is 21.5. The maximum atomic E-state index is 10.6. The van der Waals surface area contributed by atoms with E-state index in [1.165, 1.54) is 0 Å². The summed E-state index contributed by atoms with van der Waals surface area (Å²) in [6.45, 7) is 7.74. The molecule has 4 nitrogen and oxygen atoms in total. The molecule has 0 bridgehead atoms. The first-order chi connectivity index (χ1) is 17.3. The molecule has 2 N–H and O–H groups in total. The molecule has 0 saturated carbocycles. The van der Waals surface area contributed by atoms with E-state index in [9.17, 15) is 10.2 Å². The van der Waals surface area contributed by atoms with Crippen LogP contribution in [0.3, 0.4) is 0 Å². The van der Waals surface area contributed by atoms with Gasteiger partial charge in [0.2, 0.25) is 0 Å². The van der Waals surface area contributed by atoms with Gasteiger partial charge in [0.1, 0.15) is 23.6 Å². The molecule has 0 aliphatic rings. The fourth-order valence-corrected chi connectivity index (χ4v) is 4.41. The van der Waals surface area contributed by atoms with Crippen molar-refractivity contribution in [1.29, 1.82) is 0 Å². The third-order valence-corrected chi connectivity index (χ3v) is 6.33. The molecule has 192 valence electrons. The maximum Gasteiger partial charge on any atom is 0.124 e. The van der Waals surface area contributed by atoms with E-state index in [0.717, 1.165) is 33.7 Å². The Morgan fingerprint density at radius 2 is 0.919 bits per heavy atom. The van der Waals surface area contributed by atoms with Gasteiger partial charge in [0.25, 0.3) is 0 Å². The van der Waals surface area contributed by atoms with Gasteiger partial charge in [-0.2, -0.15) is 0 Å². The Morgan fingerprint density at radius 3 is 1.24 bits per heavy atom. The van der Waals surface area contributed by atoms with Gasteiger partial charge in [-0.25, -0.2) is 0 Å². The molecule has 0 amide bonds. The summed E-state index contributed by atoms with van der Waals surface area (Å²) in [5, 5.41) is 21.2. The van der Waals surface area contributed by atoms with Crippen LogP contribution in [0.15, 0.2) is 107 Å². The van der Waals surface area contributed by atoms with E-state index in [1.54, 1.807) is 12.1 Å². The Morgan fingerprint density at radius 1 is 0.568 bits per heavy atom. The molecule has 0 radical (unpaired) electrons. The van der Waals surface area contributed by atoms with Crippen LogP contribution in [0.1, 0.15) is 59.3 Å². The second-order valence-electron chi connectivity index (χ2n) is 9.18. The van der Waals surface area contributed by atoms with Crippen molar-refractivity contribution in [1.82, 2.24) is 0 Å². The second-order valence-corrected chi connectivity index (χ2v) is 9.18. The van der Waals surface area contributed by atoms with Crippen LogP contribution in [0, 0.1) is 13.8 Å². The summed E-state index contributed by atoms with van der Waals surface area (Å²) >= 11 is 0. The molecule has 4 aromatic carbocycles. The van der Waals surface area contributed by atoms with Gasteiger partial charge in [0.15, 0.2) is 0 Å². The number of hydrogen-bond acceptors (Lipinski definition) is 4. The third kappa shape index (κ3) is 6.84. The standard InChI is InChI=1S/C32H32N2O2.Pt/c1-21-15-17-27(29(35)19-21)23(3)33-31(25-11-7-5-8-12-25)32(26-13-9-6-10-14-26)34-24(4)28-18-16-22(2)20-30(28)36;/h5-20,31-32,35-36H,1-4H3;. The minimum atomic E-state index is -0.350. The van der Waals surface area contributed by atoms with Gasteiger partial charge in [0.05, 0.1) is 0 Å². The van der Waals surface area contributed by atoms with Crippen LogP contribution in [0.5, 0.6) is 11.5 Å². The van der Waals surface area contributed by atoms with Crippen LogP contribution in [-0.2, 0) is 21.1 Å². The van der Waals surface area contributed by atoms with Crippen molar-refractivity contribution in [3.63, 3.8) is 0 Å². The largest absolute Gasteiger partial charge is 0.507 e. The number of hydrogen-bond donors (Lipinski definition) is 2. The molecular weight excluding hydrogens is 639 g/mol. The monoisotopic (exact) mass is 671 g/mol. The molecule has 2 atom stereocenters. The zero-order chi connectivity index (χ0) is 25.7. The number of phenols is 2. The van der Waals surface area contributed by atoms with Gasteiger partial charge < -0.3 is 10.2 Å². The summed E-state index contributed by atoms with van der Waals surface area (Å²) in [5.74, 6) is 0.423. The minimum absolute atomic E-state index is 0. The molecule has 5 heteroatoms. The van der Waals surface area contributed by atoms with E-state index in [1.807, 2.05) is 88.4 Å². The Bertz CT molecular complexity index is 1290. The average Bonchev–Trinajstić information content (AvgIpc) is 2.87. The first kappa shape index (κ1) is 28.1. The van der Waals surface area contributed by atoms with Crippen LogP contribution < -0.4 is 0 Å². The molecule has 37 heavy (non-hydrogen) atoms. The van der Waals surface area contributed by atoms with Crippen molar-refractivity contribution >= 4 is 11.4 Å². The van der Waals surface area contributed by atoms with Crippen LogP contribution >= 0.6 is 0 Å². The van der Waals surface area contributed by atoms with E-state index in [0.29, 0.717) is 11.1 Å². The Kier molecular flexibility index (Phi) is 9.60. The molecule has 0 aliphatic carbocycles. The summed E-state index contributed by atoms with van der Waals surface area (Å²) in [5.41, 5.74) is 6.87. The summed E-state index contributed by atoms with van der Waals surface area (Å²) < 4.78 is 0. The molecule has 2 unspecified atom stereocenters. The molecule has 0 spiro atoms. The van der Waals surface area contributed by atoms with Crippen molar-refractivity contribution in [3.8, 4) is 11.5 Å². The zero-order valence-corrected chi connectivity index (χ0v) is 23.8. The van der Waals surface area contributed by atoms with Crippen molar-refractivity contribution in [2.45, 2.75) is 39.8 Å². The first-order valence-corrected chi connectivity index (χ1v) is 12.1. The van der Waals surface area contributed by atoms with Crippen LogP contribution in [-0.4, -0.2) is 21.6 Å². The predicted octanol–water partition coefficient (Wildman–Crippen LogP) is 7.51. The Balaban J connectivity index is 0.00000380. The smallest absolute Gasteiger partial charge is 0.124 e. The van der Waals surface area contributed by atoms with Crippen molar-refractivity contribution in [2.75, 3.05) is 0 Å². The molecule has 0 fully saturated rings. The summed E-state index contributed by atoms with van der Waals surface area (Å²) in [6.07, 6.45) is 0. The normalized spacial score (nSPS) is 13.5. The van der Waals surface area contributed by atoms with E-state index >= 15 is 0 Å². The van der Waals surface area contributed by atoms with Crippen LogP contribution in [0.2, 0.25) is 0 Å². The van der Waals surface area contributed by atoms with Gasteiger partial charge in [0, 0.05) is 43.6 Å². The summed E-state index contributed by atoms with van der Waals surface area (Å²) in [7, 11) is 0. The quantitative estimate of drug-likeness (QED) is 0.200. The number of benzene rings is 4. The average molecular weight is 672 g/mol. The molecule has 4 rings (SSSR count). The third-order valence-electron chi connectivity index (χ3n) is 6.33. The van der Waals surface area contributed by atoms with E-state index < -0.39 is 0 Å². The number of nitrogens with zero attached hydrogens (tertiary/aromatic N) is 2. The number of rotatable bonds is 7. The van der Waals surface area contributed by atoms with Crippen molar-refractivity contribution in [2.24, 2.45) is 9.98 Å².